The number of carbonyl (C=O) groups excluding carboxylic acids is 1. The second-order valence-electron chi connectivity index (χ2n) is 6.05. The van der Waals surface area contributed by atoms with Gasteiger partial charge in [-0.2, -0.15) is 0 Å². The van der Waals surface area contributed by atoms with E-state index in [0.717, 1.165) is 38.6 Å². The van der Waals surface area contributed by atoms with Crippen LogP contribution in [0.2, 0.25) is 0 Å². The van der Waals surface area contributed by atoms with E-state index in [2.05, 4.69) is 17.1 Å². The Labute approximate surface area is 151 Å². The Morgan fingerprint density at radius 1 is 1.08 bits per heavy atom. The molecule has 0 unspecified atom stereocenters. The zero-order valence-electron chi connectivity index (χ0n) is 14.7. The first-order chi connectivity index (χ1) is 12.7. The minimum absolute atomic E-state index is 0.309. The van der Waals surface area contributed by atoms with Gasteiger partial charge in [-0.15, -0.1) is 0 Å². The van der Waals surface area contributed by atoms with Crippen molar-refractivity contribution >= 4 is 27.6 Å². The van der Waals surface area contributed by atoms with E-state index in [1.807, 2.05) is 49.4 Å². The third-order valence-corrected chi connectivity index (χ3v) is 4.58. The summed E-state index contributed by atoms with van der Waals surface area (Å²) in [5.41, 5.74) is 3.58. The summed E-state index contributed by atoms with van der Waals surface area (Å²) in [5, 5.41) is 3.01. The molecule has 4 heteroatoms. The quantitative estimate of drug-likeness (QED) is 0.519. The summed E-state index contributed by atoms with van der Waals surface area (Å²) >= 11 is 0. The molecule has 3 aromatic carbocycles. The maximum atomic E-state index is 12.4. The molecular weight excluding hydrogens is 326 g/mol. The second kappa shape index (κ2) is 6.56. The van der Waals surface area contributed by atoms with Crippen LogP contribution in [0.1, 0.15) is 17.3 Å². The van der Waals surface area contributed by atoms with Crippen LogP contribution in [0.25, 0.3) is 32.8 Å². The van der Waals surface area contributed by atoms with Crippen molar-refractivity contribution < 1.29 is 14.3 Å². The highest BCUT2D eigenvalue weighted by Gasteiger charge is 2.18. The number of hydrogen-bond acceptors (Lipinski definition) is 3. The lowest BCUT2D eigenvalue weighted by atomic mass is 9.96. The Balaban J connectivity index is 2.02. The highest BCUT2D eigenvalue weighted by Crippen LogP contribution is 2.37. The van der Waals surface area contributed by atoms with Crippen LogP contribution in [0, 0.1) is 0 Å². The van der Waals surface area contributed by atoms with Crippen molar-refractivity contribution in [2.24, 2.45) is 0 Å². The van der Waals surface area contributed by atoms with Crippen LogP contribution in [0.5, 0.6) is 5.75 Å². The Morgan fingerprint density at radius 3 is 2.58 bits per heavy atom. The van der Waals surface area contributed by atoms with Gasteiger partial charge in [-0.1, -0.05) is 36.4 Å². The molecule has 1 aromatic heterocycles. The van der Waals surface area contributed by atoms with E-state index in [0.29, 0.717) is 12.2 Å². The predicted molar refractivity (Wildman–Crippen MR) is 104 cm³/mol. The molecule has 0 saturated heterocycles. The molecule has 1 N–H and O–H groups in total. The molecule has 4 nitrogen and oxygen atoms in total. The predicted octanol–water partition coefficient (Wildman–Crippen LogP) is 5.17. The summed E-state index contributed by atoms with van der Waals surface area (Å²) in [6.45, 7) is 2.16. The Hall–Kier alpha value is -3.27. The third-order valence-electron chi connectivity index (χ3n) is 4.58. The van der Waals surface area contributed by atoms with Gasteiger partial charge in [0.25, 0.3) is 0 Å². The van der Waals surface area contributed by atoms with Crippen molar-refractivity contribution in [1.29, 1.82) is 0 Å². The van der Waals surface area contributed by atoms with Crippen LogP contribution in [0.4, 0.5) is 0 Å². The summed E-state index contributed by atoms with van der Waals surface area (Å²) in [6, 6.07) is 18.1. The summed E-state index contributed by atoms with van der Waals surface area (Å²) in [7, 11) is 1.65. The van der Waals surface area contributed by atoms with Crippen molar-refractivity contribution in [2.75, 3.05) is 13.7 Å². The average Bonchev–Trinajstić information content (AvgIpc) is 3.13. The first-order valence-corrected chi connectivity index (χ1v) is 8.57. The van der Waals surface area contributed by atoms with Crippen LogP contribution in [0.3, 0.4) is 0 Å². The van der Waals surface area contributed by atoms with Gasteiger partial charge in [0.1, 0.15) is 5.75 Å². The van der Waals surface area contributed by atoms with E-state index in [4.69, 9.17) is 9.47 Å². The number of ether oxygens (including phenoxy) is 2. The van der Waals surface area contributed by atoms with Gasteiger partial charge >= 0.3 is 5.97 Å². The van der Waals surface area contributed by atoms with Crippen molar-refractivity contribution in [2.45, 2.75) is 6.92 Å². The van der Waals surface area contributed by atoms with Crippen molar-refractivity contribution in [3.8, 4) is 16.9 Å². The molecule has 1 heterocycles. The minimum Gasteiger partial charge on any atom is -0.497 e. The molecule has 0 aliphatic carbocycles. The number of benzene rings is 3. The summed E-state index contributed by atoms with van der Waals surface area (Å²) in [6.07, 6.45) is 1.74. The van der Waals surface area contributed by atoms with Crippen molar-refractivity contribution in [3.05, 3.63) is 66.4 Å². The third kappa shape index (κ3) is 2.60. The molecule has 4 aromatic rings. The molecule has 0 radical (unpaired) electrons. The standard InChI is InChI=1S/C22H19NO3/c1-3-26-22(24)19-13-23-21-18(14-8-10-16(25-2)11-9-14)12-15-6-4-5-7-17(15)20(19)21/h4-13,23H,3H2,1-2H3. The number of carbonyl (C=O) groups is 1. The van der Waals surface area contributed by atoms with Crippen LogP contribution in [-0.4, -0.2) is 24.7 Å². The lowest BCUT2D eigenvalue weighted by Gasteiger charge is -2.10. The lowest BCUT2D eigenvalue weighted by Crippen LogP contribution is -2.03. The fourth-order valence-electron chi connectivity index (χ4n) is 3.36. The molecule has 0 saturated carbocycles. The van der Waals surface area contributed by atoms with Gasteiger partial charge in [0.15, 0.2) is 0 Å². The van der Waals surface area contributed by atoms with Gasteiger partial charge in [0, 0.05) is 17.1 Å². The van der Waals surface area contributed by atoms with Gasteiger partial charge < -0.3 is 14.5 Å². The van der Waals surface area contributed by atoms with Gasteiger partial charge in [0.05, 0.1) is 24.8 Å². The Kier molecular flexibility index (Phi) is 4.09. The number of hydrogen-bond donors (Lipinski definition) is 1. The van der Waals surface area contributed by atoms with Crippen LogP contribution in [-0.2, 0) is 4.74 Å². The molecule has 0 atom stereocenters. The number of fused-ring (bicyclic) bond motifs is 3. The van der Waals surface area contributed by atoms with Crippen molar-refractivity contribution in [1.82, 2.24) is 4.98 Å². The van der Waals surface area contributed by atoms with Crippen LogP contribution >= 0.6 is 0 Å². The largest absolute Gasteiger partial charge is 0.497 e. The zero-order chi connectivity index (χ0) is 18.1. The smallest absolute Gasteiger partial charge is 0.340 e. The summed E-state index contributed by atoms with van der Waals surface area (Å²) in [4.78, 5) is 15.7. The fraction of sp³-hybridized carbons (Fsp3) is 0.136. The van der Waals surface area contributed by atoms with E-state index in [-0.39, 0.29) is 5.97 Å². The molecule has 0 aliphatic heterocycles. The number of nitrogens with one attached hydrogen (secondary N) is 1. The fourth-order valence-corrected chi connectivity index (χ4v) is 3.36. The number of aromatic amines is 1. The maximum absolute atomic E-state index is 12.4. The second-order valence-corrected chi connectivity index (χ2v) is 6.05. The summed E-state index contributed by atoms with van der Waals surface area (Å²) < 4.78 is 10.5. The van der Waals surface area contributed by atoms with E-state index in [1.165, 1.54) is 0 Å². The molecule has 0 bridgehead atoms. The Morgan fingerprint density at radius 2 is 1.85 bits per heavy atom. The molecule has 0 spiro atoms. The molecule has 0 amide bonds. The van der Waals surface area contributed by atoms with E-state index in [9.17, 15) is 4.79 Å². The maximum Gasteiger partial charge on any atom is 0.340 e. The van der Waals surface area contributed by atoms with Crippen LogP contribution < -0.4 is 4.74 Å². The highest BCUT2D eigenvalue weighted by molar-refractivity contribution is 6.20. The SMILES string of the molecule is CCOC(=O)c1c[nH]c2c(-c3ccc(OC)cc3)cc3ccccc3c12. The molecule has 26 heavy (non-hydrogen) atoms. The van der Waals surface area contributed by atoms with Crippen molar-refractivity contribution in [3.63, 3.8) is 0 Å². The van der Waals surface area contributed by atoms with Gasteiger partial charge in [-0.25, -0.2) is 4.79 Å². The molecule has 0 fully saturated rings. The zero-order valence-corrected chi connectivity index (χ0v) is 14.7. The number of esters is 1. The number of aromatic nitrogens is 1. The van der Waals surface area contributed by atoms with Gasteiger partial charge in [-0.3, -0.25) is 0 Å². The normalized spacial score (nSPS) is 11.0. The Bertz CT molecular complexity index is 1090. The van der Waals surface area contributed by atoms with E-state index >= 15 is 0 Å². The average molecular weight is 345 g/mol. The van der Waals surface area contributed by atoms with E-state index < -0.39 is 0 Å². The number of methoxy groups -OCH3 is 1. The van der Waals surface area contributed by atoms with Crippen LogP contribution in [0.15, 0.2) is 60.8 Å². The number of H-pyrrole nitrogens is 1. The number of rotatable bonds is 4. The monoisotopic (exact) mass is 345 g/mol. The molecule has 4 rings (SSSR count). The first-order valence-electron chi connectivity index (χ1n) is 8.57. The highest BCUT2D eigenvalue weighted by atomic mass is 16.5. The summed E-state index contributed by atoms with van der Waals surface area (Å²) in [5.74, 6) is 0.500. The van der Waals surface area contributed by atoms with Gasteiger partial charge in [-0.05, 0) is 41.5 Å². The topological polar surface area (TPSA) is 51.3 Å². The van der Waals surface area contributed by atoms with Gasteiger partial charge in [0.2, 0.25) is 0 Å². The minimum atomic E-state index is -0.309. The first kappa shape index (κ1) is 16.2. The lowest BCUT2D eigenvalue weighted by molar-refractivity contribution is 0.0529. The molecule has 0 aliphatic rings. The molecule has 130 valence electrons. The molecular formula is C22H19NO3. The van der Waals surface area contributed by atoms with E-state index in [1.54, 1.807) is 13.3 Å².